The Morgan fingerprint density at radius 3 is 2.71 bits per heavy atom. The van der Waals surface area contributed by atoms with E-state index in [0.29, 0.717) is 0 Å². The van der Waals surface area contributed by atoms with Crippen molar-refractivity contribution in [2.24, 2.45) is 0 Å². The van der Waals surface area contributed by atoms with Crippen LogP contribution in [0.15, 0.2) is 0 Å². The van der Waals surface area contributed by atoms with E-state index in [4.69, 9.17) is 26.8 Å². The molecule has 2 aliphatic rings. The highest BCUT2D eigenvalue weighted by molar-refractivity contribution is 7.80. The van der Waals surface area contributed by atoms with Crippen molar-refractivity contribution < 1.29 is 24.8 Å². The van der Waals surface area contributed by atoms with Crippen LogP contribution in [0.25, 0.3) is 0 Å². The molecule has 4 N–H and O–H groups in total. The van der Waals surface area contributed by atoms with Gasteiger partial charge in [0.2, 0.25) is 0 Å². The van der Waals surface area contributed by atoms with Crippen molar-refractivity contribution >= 4 is 17.4 Å². The van der Waals surface area contributed by atoms with Gasteiger partial charge in [0.15, 0.2) is 12.3 Å². The highest BCUT2D eigenvalue weighted by atomic mass is 32.1. The lowest BCUT2D eigenvalue weighted by atomic mass is 9.99. The minimum absolute atomic E-state index is 0.129. The molecule has 0 amide bonds. The van der Waals surface area contributed by atoms with E-state index in [2.05, 4.69) is 5.32 Å². The Kier molecular flexibility index (Phi) is 2.58. The van der Waals surface area contributed by atoms with Crippen molar-refractivity contribution in [2.75, 3.05) is 6.61 Å². The molecule has 0 radical (unpaired) electrons. The maximum Gasteiger partial charge on any atom is 0.259 e. The predicted molar refractivity (Wildman–Crippen MR) is 48.4 cm³/mol. The topological polar surface area (TPSA) is 91.2 Å². The number of fused-ring (bicyclic) bond motifs is 1. The predicted octanol–water partition coefficient (Wildman–Crippen LogP) is -2.30. The molecule has 2 fully saturated rings. The van der Waals surface area contributed by atoms with Gasteiger partial charge in [-0.15, -0.1) is 0 Å². The van der Waals surface area contributed by atoms with E-state index in [1.165, 1.54) is 0 Å². The molecule has 7 heteroatoms. The number of nitrogens with one attached hydrogen (secondary N) is 1. The molecule has 0 aromatic carbocycles. The molecular weight excluding hydrogens is 210 g/mol. The number of hydrogen-bond acceptors (Lipinski definition) is 6. The van der Waals surface area contributed by atoms with Crippen LogP contribution in [0.4, 0.5) is 0 Å². The normalized spacial score (nSPS) is 46.8. The lowest BCUT2D eigenvalue weighted by Crippen LogP contribution is -2.59. The van der Waals surface area contributed by atoms with Gasteiger partial charge in [0, 0.05) is 0 Å². The molecule has 0 aromatic heterocycles. The summed E-state index contributed by atoms with van der Waals surface area (Å²) in [5.74, 6) is 0. The van der Waals surface area contributed by atoms with Crippen LogP contribution < -0.4 is 5.32 Å². The Morgan fingerprint density at radius 1 is 1.36 bits per heavy atom. The van der Waals surface area contributed by atoms with Gasteiger partial charge in [0.25, 0.3) is 5.17 Å². The van der Waals surface area contributed by atoms with Gasteiger partial charge in [-0.1, -0.05) is 0 Å². The molecule has 0 saturated carbocycles. The molecule has 6 nitrogen and oxygen atoms in total. The number of ether oxygens (including phenoxy) is 2. The number of aliphatic hydroxyl groups is 3. The second kappa shape index (κ2) is 3.59. The minimum Gasteiger partial charge on any atom is -0.460 e. The van der Waals surface area contributed by atoms with E-state index in [9.17, 15) is 10.2 Å². The summed E-state index contributed by atoms with van der Waals surface area (Å²) < 4.78 is 10.3. The Balaban J connectivity index is 2.13. The summed E-state index contributed by atoms with van der Waals surface area (Å²) in [5, 5.41) is 30.8. The maximum absolute atomic E-state index is 9.60. The van der Waals surface area contributed by atoms with Gasteiger partial charge in [-0.05, 0) is 12.2 Å². The lowest BCUT2D eigenvalue weighted by Gasteiger charge is -2.37. The summed E-state index contributed by atoms with van der Waals surface area (Å²) in [7, 11) is 0. The maximum atomic E-state index is 9.60. The van der Waals surface area contributed by atoms with E-state index in [1.807, 2.05) is 0 Å². The Hall–Kier alpha value is -0.470. The molecule has 0 aliphatic carbocycles. The Labute approximate surface area is 85.4 Å². The second-order valence-electron chi connectivity index (χ2n) is 3.27. The molecule has 2 rings (SSSR count). The van der Waals surface area contributed by atoms with Crippen LogP contribution in [0.5, 0.6) is 0 Å². The number of aliphatic hydroxyl groups excluding tert-OH is 3. The molecule has 0 aromatic rings. The first kappa shape index (κ1) is 10.1. The van der Waals surface area contributed by atoms with Crippen LogP contribution in [0.1, 0.15) is 0 Å². The highest BCUT2D eigenvalue weighted by Crippen LogP contribution is 2.25. The van der Waals surface area contributed by atoms with Gasteiger partial charge < -0.3 is 30.1 Å². The molecule has 0 unspecified atom stereocenters. The first-order valence-corrected chi connectivity index (χ1v) is 4.64. The highest BCUT2D eigenvalue weighted by Gasteiger charge is 2.49. The zero-order valence-electron chi connectivity index (χ0n) is 7.16. The number of thiocarbonyl (C=S) groups is 1. The Morgan fingerprint density at radius 2 is 2.07 bits per heavy atom. The monoisotopic (exact) mass is 221 g/mol. The van der Waals surface area contributed by atoms with Gasteiger partial charge in [-0.2, -0.15) is 0 Å². The lowest BCUT2D eigenvalue weighted by molar-refractivity contribution is -0.214. The van der Waals surface area contributed by atoms with Crippen LogP contribution in [-0.2, 0) is 9.47 Å². The van der Waals surface area contributed by atoms with E-state index in [1.54, 1.807) is 0 Å². The summed E-state index contributed by atoms with van der Waals surface area (Å²) in [6.45, 7) is -0.365. The molecule has 80 valence electrons. The molecule has 14 heavy (non-hydrogen) atoms. The van der Waals surface area contributed by atoms with Crippen LogP contribution in [0, 0.1) is 0 Å². The molecular formula is C7H11NO5S. The van der Waals surface area contributed by atoms with Gasteiger partial charge in [0.05, 0.1) is 6.61 Å². The van der Waals surface area contributed by atoms with E-state index in [0.717, 1.165) is 0 Å². The minimum atomic E-state index is -1.16. The smallest absolute Gasteiger partial charge is 0.259 e. The zero-order chi connectivity index (χ0) is 10.3. The van der Waals surface area contributed by atoms with E-state index in [-0.39, 0.29) is 11.8 Å². The van der Waals surface area contributed by atoms with Gasteiger partial charge >= 0.3 is 0 Å². The number of rotatable bonds is 1. The fourth-order valence-corrected chi connectivity index (χ4v) is 1.84. The van der Waals surface area contributed by atoms with Crippen LogP contribution in [-0.4, -0.2) is 57.7 Å². The molecule has 0 spiro atoms. The van der Waals surface area contributed by atoms with Crippen molar-refractivity contribution in [1.29, 1.82) is 0 Å². The van der Waals surface area contributed by atoms with Crippen LogP contribution >= 0.6 is 12.2 Å². The molecule has 0 bridgehead atoms. The third kappa shape index (κ3) is 1.47. The molecule has 2 saturated heterocycles. The van der Waals surface area contributed by atoms with Gasteiger partial charge in [0.1, 0.15) is 18.3 Å². The second-order valence-corrected chi connectivity index (χ2v) is 3.64. The molecule has 5 atom stereocenters. The summed E-state index contributed by atoms with van der Waals surface area (Å²) in [5.41, 5.74) is 0. The van der Waals surface area contributed by atoms with E-state index >= 15 is 0 Å². The largest absolute Gasteiger partial charge is 0.460 e. The zero-order valence-corrected chi connectivity index (χ0v) is 7.98. The Bertz CT molecular complexity index is 250. The summed E-state index contributed by atoms with van der Waals surface area (Å²) in [6, 6.07) is 0. The quantitative estimate of drug-likeness (QED) is 0.370. The fourth-order valence-electron chi connectivity index (χ4n) is 1.61. The summed E-state index contributed by atoms with van der Waals surface area (Å²) in [4.78, 5) is 0. The standard InChI is InChI=1S/C7H11NO5S/c9-1-2-3(10)4(11)5-6(12-2)8-7(14)13-5/h2-6,9-11H,1H2,(H,8,14)/t2-,3-,4+,5-,6+/m1/s1. The van der Waals surface area contributed by atoms with Crippen molar-refractivity contribution in [2.45, 2.75) is 30.6 Å². The summed E-state index contributed by atoms with van der Waals surface area (Å²) >= 11 is 4.73. The third-order valence-corrected chi connectivity index (χ3v) is 2.58. The first-order valence-electron chi connectivity index (χ1n) is 4.23. The van der Waals surface area contributed by atoms with Crippen molar-refractivity contribution in [1.82, 2.24) is 5.32 Å². The van der Waals surface area contributed by atoms with Gasteiger partial charge in [-0.3, -0.25) is 0 Å². The fraction of sp³-hybridized carbons (Fsp3) is 0.857. The van der Waals surface area contributed by atoms with Crippen LogP contribution in [0.2, 0.25) is 0 Å². The van der Waals surface area contributed by atoms with Crippen molar-refractivity contribution in [3.8, 4) is 0 Å². The van der Waals surface area contributed by atoms with Gasteiger partial charge in [-0.25, -0.2) is 0 Å². The summed E-state index contributed by atoms with van der Waals surface area (Å²) in [6.07, 6.45) is -4.40. The molecule has 2 aliphatic heterocycles. The van der Waals surface area contributed by atoms with E-state index < -0.39 is 30.6 Å². The van der Waals surface area contributed by atoms with Crippen molar-refractivity contribution in [3.63, 3.8) is 0 Å². The van der Waals surface area contributed by atoms with Crippen LogP contribution in [0.3, 0.4) is 0 Å². The third-order valence-electron chi connectivity index (χ3n) is 2.37. The number of hydrogen-bond donors (Lipinski definition) is 4. The average Bonchev–Trinajstić information content (AvgIpc) is 2.52. The van der Waals surface area contributed by atoms with Crippen molar-refractivity contribution in [3.05, 3.63) is 0 Å². The SMILES string of the molecule is OC[C@H]1O[C@@H]2NC(=S)O[C@@H]2[C@@H](O)[C@@H]1O. The first-order chi connectivity index (χ1) is 6.63. The molecule has 2 heterocycles. The average molecular weight is 221 g/mol.